The summed E-state index contributed by atoms with van der Waals surface area (Å²) in [5.41, 5.74) is 8.35. The van der Waals surface area contributed by atoms with E-state index in [0.29, 0.717) is 17.6 Å². The third-order valence-electron chi connectivity index (χ3n) is 4.62. The van der Waals surface area contributed by atoms with Gasteiger partial charge in [0.25, 0.3) is 0 Å². The lowest BCUT2D eigenvalue weighted by atomic mass is 10.00. The number of aryl methyl sites for hydroxylation is 2. The van der Waals surface area contributed by atoms with Crippen LogP contribution in [0.4, 0.5) is 0 Å². The first-order valence-electron chi connectivity index (χ1n) is 9.97. The fourth-order valence-corrected chi connectivity index (χ4v) is 3.34. The molecule has 2 N–H and O–H groups in total. The number of hydrogen-bond donors (Lipinski definition) is 2. The number of benzene rings is 2. The van der Waals surface area contributed by atoms with Crippen molar-refractivity contribution in [3.05, 3.63) is 63.2 Å². The Morgan fingerprint density at radius 3 is 2.62 bits per heavy atom. The van der Waals surface area contributed by atoms with Gasteiger partial charge in [-0.1, -0.05) is 44.5 Å². The molecule has 0 aliphatic rings. The predicted molar refractivity (Wildman–Crippen MR) is 127 cm³/mol. The van der Waals surface area contributed by atoms with Crippen LogP contribution in [0.15, 0.2) is 35.4 Å². The van der Waals surface area contributed by atoms with Gasteiger partial charge in [-0.25, -0.2) is 0 Å². The first-order valence-corrected chi connectivity index (χ1v) is 10.8. The number of hydrogen-bond acceptors (Lipinski definition) is 3. The summed E-state index contributed by atoms with van der Waals surface area (Å²) in [4.78, 5) is 0. The van der Waals surface area contributed by atoms with E-state index in [1.165, 1.54) is 5.56 Å². The molecule has 0 amide bonds. The van der Waals surface area contributed by atoms with Gasteiger partial charge in [-0.3, -0.25) is 5.43 Å². The van der Waals surface area contributed by atoms with Crippen LogP contribution in [0.2, 0.25) is 5.02 Å². The molecule has 0 heterocycles. The van der Waals surface area contributed by atoms with Crippen molar-refractivity contribution in [3.63, 3.8) is 0 Å². The first-order chi connectivity index (χ1) is 13.8. The van der Waals surface area contributed by atoms with Gasteiger partial charge in [-0.05, 0) is 84.4 Å². The maximum atomic E-state index is 6.32. The number of nitrogens with one attached hydrogen (secondary N) is 2. The fraction of sp³-hybridized carbons (Fsp3) is 0.391. The highest BCUT2D eigenvalue weighted by Crippen LogP contribution is 2.32. The largest absolute Gasteiger partial charge is 0.489 e. The third-order valence-corrected chi connectivity index (χ3v) is 5.27. The Bertz CT molecular complexity index is 881. The van der Waals surface area contributed by atoms with E-state index in [0.717, 1.165) is 46.0 Å². The molecule has 4 nitrogen and oxygen atoms in total. The maximum Gasteiger partial charge on any atom is 0.186 e. The van der Waals surface area contributed by atoms with Crippen molar-refractivity contribution < 1.29 is 4.74 Å². The summed E-state index contributed by atoms with van der Waals surface area (Å²) in [5.74, 6) is 1.22. The van der Waals surface area contributed by atoms with Gasteiger partial charge in [-0.2, -0.15) is 5.10 Å². The normalized spacial score (nSPS) is 11.1. The van der Waals surface area contributed by atoms with Crippen molar-refractivity contribution in [1.29, 1.82) is 0 Å². The Morgan fingerprint density at radius 2 is 1.97 bits per heavy atom. The van der Waals surface area contributed by atoms with E-state index in [2.05, 4.69) is 54.8 Å². The first kappa shape index (κ1) is 23.2. The SMILES string of the molecule is CCNC(=S)NN=Cc1ccc(CC)c(COc2cc(C)c(Cl)cc2C(C)C)c1. The summed E-state index contributed by atoms with van der Waals surface area (Å²) in [7, 11) is 0. The Kier molecular flexibility index (Phi) is 8.93. The summed E-state index contributed by atoms with van der Waals surface area (Å²) < 4.78 is 6.24. The number of hydrazone groups is 1. The summed E-state index contributed by atoms with van der Waals surface area (Å²) in [6, 6.07) is 10.3. The van der Waals surface area contributed by atoms with Crippen LogP contribution >= 0.6 is 23.8 Å². The highest BCUT2D eigenvalue weighted by molar-refractivity contribution is 7.80. The minimum absolute atomic E-state index is 0.332. The van der Waals surface area contributed by atoms with Gasteiger partial charge in [0.1, 0.15) is 12.4 Å². The number of nitrogens with zero attached hydrogens (tertiary/aromatic N) is 1. The van der Waals surface area contributed by atoms with E-state index < -0.39 is 0 Å². The molecule has 0 saturated carbocycles. The van der Waals surface area contributed by atoms with E-state index in [1.54, 1.807) is 6.21 Å². The Morgan fingerprint density at radius 1 is 1.21 bits per heavy atom. The standard InChI is InChI=1S/C23H30ClN3OS/c1-6-18-9-8-17(13-26-27-23(29)25-7-2)11-19(18)14-28-22-10-16(5)21(24)12-20(22)15(3)4/h8-13,15H,6-7,14H2,1-5H3,(H2,25,27,29). The van der Waals surface area contributed by atoms with Crippen molar-refractivity contribution in [2.24, 2.45) is 5.10 Å². The lowest BCUT2D eigenvalue weighted by Crippen LogP contribution is -2.31. The van der Waals surface area contributed by atoms with Crippen molar-refractivity contribution in [3.8, 4) is 5.75 Å². The quantitative estimate of drug-likeness (QED) is 0.318. The van der Waals surface area contributed by atoms with Crippen LogP contribution in [0, 0.1) is 6.92 Å². The van der Waals surface area contributed by atoms with E-state index in [4.69, 9.17) is 28.6 Å². The zero-order valence-corrected chi connectivity index (χ0v) is 19.4. The van der Waals surface area contributed by atoms with Gasteiger partial charge >= 0.3 is 0 Å². The lowest BCUT2D eigenvalue weighted by Gasteiger charge is -2.17. The monoisotopic (exact) mass is 431 g/mol. The topological polar surface area (TPSA) is 45.7 Å². The second-order valence-corrected chi connectivity index (χ2v) is 8.01. The Labute approximate surface area is 184 Å². The third kappa shape index (κ3) is 6.72. The summed E-state index contributed by atoms with van der Waals surface area (Å²) >= 11 is 11.4. The lowest BCUT2D eigenvalue weighted by molar-refractivity contribution is 0.300. The van der Waals surface area contributed by atoms with Crippen LogP contribution in [-0.2, 0) is 13.0 Å². The molecular weight excluding hydrogens is 402 g/mol. The average molecular weight is 432 g/mol. The van der Waals surface area contributed by atoms with Crippen molar-refractivity contribution in [1.82, 2.24) is 10.7 Å². The van der Waals surface area contributed by atoms with Crippen LogP contribution in [-0.4, -0.2) is 17.9 Å². The van der Waals surface area contributed by atoms with E-state index in [-0.39, 0.29) is 0 Å². The second-order valence-electron chi connectivity index (χ2n) is 7.19. The zero-order chi connectivity index (χ0) is 21.4. The molecule has 29 heavy (non-hydrogen) atoms. The molecule has 0 spiro atoms. The molecule has 2 aromatic carbocycles. The molecule has 0 bridgehead atoms. The van der Waals surface area contributed by atoms with Crippen LogP contribution in [0.25, 0.3) is 0 Å². The summed E-state index contributed by atoms with van der Waals surface area (Å²) in [6.07, 6.45) is 2.70. The molecule has 0 saturated heterocycles. The van der Waals surface area contributed by atoms with E-state index in [1.807, 2.05) is 26.0 Å². The van der Waals surface area contributed by atoms with E-state index >= 15 is 0 Å². The van der Waals surface area contributed by atoms with E-state index in [9.17, 15) is 0 Å². The number of halogens is 1. The van der Waals surface area contributed by atoms with Crippen LogP contribution in [0.1, 0.15) is 61.4 Å². The molecule has 6 heteroatoms. The smallest absolute Gasteiger partial charge is 0.186 e. The molecule has 2 aromatic rings. The van der Waals surface area contributed by atoms with Gasteiger partial charge in [0.15, 0.2) is 5.11 Å². The Balaban J connectivity index is 2.19. The molecular formula is C23H30ClN3OS. The van der Waals surface area contributed by atoms with Crippen molar-refractivity contribution in [2.75, 3.05) is 6.54 Å². The molecule has 0 unspecified atom stereocenters. The number of rotatable bonds is 8. The zero-order valence-electron chi connectivity index (χ0n) is 17.8. The highest BCUT2D eigenvalue weighted by atomic mass is 35.5. The summed E-state index contributed by atoms with van der Waals surface area (Å²) in [5, 5.41) is 8.48. The predicted octanol–water partition coefficient (Wildman–Crippen LogP) is 5.73. The Hall–Kier alpha value is -2.11. The van der Waals surface area contributed by atoms with Gasteiger partial charge in [0.2, 0.25) is 0 Å². The molecule has 0 aliphatic heterocycles. The van der Waals surface area contributed by atoms with Crippen molar-refractivity contribution >= 4 is 35.1 Å². The maximum absolute atomic E-state index is 6.32. The summed E-state index contributed by atoms with van der Waals surface area (Å²) in [6.45, 7) is 11.7. The van der Waals surface area contributed by atoms with Crippen LogP contribution in [0.5, 0.6) is 5.75 Å². The molecule has 156 valence electrons. The van der Waals surface area contributed by atoms with Gasteiger partial charge < -0.3 is 10.1 Å². The van der Waals surface area contributed by atoms with Gasteiger partial charge in [0, 0.05) is 11.6 Å². The number of ether oxygens (including phenoxy) is 1. The fourth-order valence-electron chi connectivity index (χ4n) is 2.97. The second kappa shape index (κ2) is 11.2. The van der Waals surface area contributed by atoms with Crippen LogP contribution in [0.3, 0.4) is 0 Å². The van der Waals surface area contributed by atoms with Gasteiger partial charge in [-0.15, -0.1) is 0 Å². The molecule has 0 fully saturated rings. The van der Waals surface area contributed by atoms with Crippen LogP contribution < -0.4 is 15.5 Å². The minimum atomic E-state index is 0.332. The molecule has 2 rings (SSSR count). The molecule has 0 atom stereocenters. The molecule has 0 aromatic heterocycles. The van der Waals surface area contributed by atoms with Crippen molar-refractivity contribution in [2.45, 2.75) is 53.6 Å². The minimum Gasteiger partial charge on any atom is -0.489 e. The average Bonchev–Trinajstić information content (AvgIpc) is 2.68. The molecule has 0 aliphatic carbocycles. The highest BCUT2D eigenvalue weighted by Gasteiger charge is 2.12. The molecule has 0 radical (unpaired) electrons. The number of thiocarbonyl (C=S) groups is 1. The van der Waals surface area contributed by atoms with Gasteiger partial charge in [0.05, 0.1) is 6.21 Å².